The highest BCUT2D eigenvalue weighted by Gasteiger charge is 2.26. The zero-order valence-electron chi connectivity index (χ0n) is 12.0. The van der Waals surface area contributed by atoms with Crippen molar-refractivity contribution in [3.8, 4) is 0 Å². The molecule has 2 aromatic rings. The van der Waals surface area contributed by atoms with Gasteiger partial charge in [-0.05, 0) is 31.9 Å². The molecular formula is C15H21N3OS. The monoisotopic (exact) mass is 291 g/mol. The molecule has 1 aromatic carbocycles. The molecule has 0 spiro atoms. The summed E-state index contributed by atoms with van der Waals surface area (Å²) < 4.78 is 6.88. The summed E-state index contributed by atoms with van der Waals surface area (Å²) in [5, 5.41) is 4.56. The van der Waals surface area contributed by atoms with Crippen LogP contribution in [0.3, 0.4) is 0 Å². The van der Waals surface area contributed by atoms with Gasteiger partial charge in [-0.15, -0.1) is 11.3 Å². The van der Waals surface area contributed by atoms with Crippen LogP contribution in [0.5, 0.6) is 0 Å². The molecule has 3 N–H and O–H groups in total. The molecule has 3 rings (SSSR count). The van der Waals surface area contributed by atoms with E-state index in [1.54, 1.807) is 11.3 Å². The van der Waals surface area contributed by atoms with Gasteiger partial charge in [-0.1, -0.05) is 6.92 Å². The van der Waals surface area contributed by atoms with Crippen molar-refractivity contribution >= 4 is 32.9 Å². The maximum Gasteiger partial charge on any atom is 0.0907 e. The van der Waals surface area contributed by atoms with Crippen molar-refractivity contribution in [1.29, 1.82) is 0 Å². The number of nitrogen functional groups attached to an aromatic ring is 1. The molecule has 5 heteroatoms. The van der Waals surface area contributed by atoms with Gasteiger partial charge in [-0.2, -0.15) is 0 Å². The number of nitrogens with one attached hydrogen (secondary N) is 1. The highest BCUT2D eigenvalue weighted by molar-refractivity contribution is 7.18. The second-order valence-electron chi connectivity index (χ2n) is 5.39. The van der Waals surface area contributed by atoms with Gasteiger partial charge < -0.3 is 15.8 Å². The second kappa shape index (κ2) is 5.58. The summed E-state index contributed by atoms with van der Waals surface area (Å²) in [7, 11) is 0. The van der Waals surface area contributed by atoms with E-state index in [1.807, 2.05) is 13.0 Å². The number of rotatable bonds is 4. The Hall–Kier alpha value is -1.33. The third kappa shape index (κ3) is 2.60. The fraction of sp³-hybridized carbons (Fsp3) is 0.533. The first-order chi connectivity index (χ1) is 9.67. The van der Waals surface area contributed by atoms with Gasteiger partial charge in [0.1, 0.15) is 0 Å². The predicted molar refractivity (Wildman–Crippen MR) is 85.4 cm³/mol. The molecule has 1 fully saturated rings. The minimum Gasteiger partial charge on any atom is -0.397 e. The lowest BCUT2D eigenvalue weighted by molar-refractivity contribution is 0.0900. The fourth-order valence-corrected chi connectivity index (χ4v) is 3.73. The Morgan fingerprint density at radius 2 is 2.35 bits per heavy atom. The Morgan fingerprint density at radius 3 is 3.15 bits per heavy atom. The number of aromatic nitrogens is 1. The summed E-state index contributed by atoms with van der Waals surface area (Å²) >= 11 is 1.68. The van der Waals surface area contributed by atoms with Crippen LogP contribution in [0.2, 0.25) is 0 Å². The molecule has 0 saturated carbocycles. The molecule has 1 aliphatic rings. The minimum absolute atomic E-state index is 0.383. The number of benzene rings is 1. The van der Waals surface area contributed by atoms with E-state index in [2.05, 4.69) is 23.3 Å². The number of thiazole rings is 1. The van der Waals surface area contributed by atoms with E-state index in [9.17, 15) is 0 Å². The quantitative estimate of drug-likeness (QED) is 0.847. The molecule has 2 atom stereocenters. The van der Waals surface area contributed by atoms with Gasteiger partial charge in [0, 0.05) is 19.1 Å². The zero-order chi connectivity index (χ0) is 14.1. The van der Waals surface area contributed by atoms with Gasteiger partial charge in [-0.25, -0.2) is 4.98 Å². The third-order valence-electron chi connectivity index (χ3n) is 3.97. The molecule has 20 heavy (non-hydrogen) atoms. The summed E-state index contributed by atoms with van der Waals surface area (Å²) in [6.45, 7) is 6.00. The van der Waals surface area contributed by atoms with Gasteiger partial charge in [0.05, 0.1) is 32.7 Å². The number of nitrogens with zero attached hydrogens (tertiary/aromatic N) is 1. The average Bonchev–Trinajstić information content (AvgIpc) is 3.00. The fourth-order valence-electron chi connectivity index (χ4n) is 2.88. The summed E-state index contributed by atoms with van der Waals surface area (Å²) in [4.78, 5) is 4.52. The van der Waals surface area contributed by atoms with Crippen LogP contribution in [-0.4, -0.2) is 24.2 Å². The largest absolute Gasteiger partial charge is 0.397 e. The lowest BCUT2D eigenvalue weighted by Crippen LogP contribution is -2.23. The van der Waals surface area contributed by atoms with Crippen LogP contribution in [0.1, 0.15) is 24.8 Å². The summed E-state index contributed by atoms with van der Waals surface area (Å²) in [5.41, 5.74) is 8.95. The standard InChI is InChI=1S/C15H21N3OS/c1-3-14-10(4-5-19-14)8-17-12-7-13-15(6-11(12)16)20-9(2)18-13/h6-7,10,14,17H,3-5,8,16H2,1-2H3. The first-order valence-electron chi connectivity index (χ1n) is 7.19. The van der Waals surface area contributed by atoms with E-state index >= 15 is 0 Å². The number of hydrogen-bond acceptors (Lipinski definition) is 5. The number of hydrogen-bond donors (Lipinski definition) is 2. The first-order valence-corrected chi connectivity index (χ1v) is 8.01. The molecule has 1 aromatic heterocycles. The van der Waals surface area contributed by atoms with Crippen molar-refractivity contribution in [2.75, 3.05) is 24.2 Å². The van der Waals surface area contributed by atoms with E-state index in [0.717, 1.165) is 52.6 Å². The lowest BCUT2D eigenvalue weighted by Gasteiger charge is -2.18. The Labute approximate surface area is 123 Å². The highest BCUT2D eigenvalue weighted by atomic mass is 32.1. The van der Waals surface area contributed by atoms with E-state index in [1.165, 1.54) is 0 Å². The van der Waals surface area contributed by atoms with Crippen LogP contribution < -0.4 is 11.1 Å². The number of ether oxygens (including phenoxy) is 1. The Morgan fingerprint density at radius 1 is 1.50 bits per heavy atom. The van der Waals surface area contributed by atoms with E-state index in [-0.39, 0.29) is 0 Å². The van der Waals surface area contributed by atoms with Crippen LogP contribution in [0, 0.1) is 12.8 Å². The highest BCUT2D eigenvalue weighted by Crippen LogP contribution is 2.31. The normalized spacial score (nSPS) is 22.5. The SMILES string of the molecule is CCC1OCCC1CNc1cc2nc(C)sc2cc1N. The first kappa shape index (κ1) is 13.6. The number of anilines is 2. The molecule has 2 unspecified atom stereocenters. The number of nitrogens with two attached hydrogens (primary N) is 1. The predicted octanol–water partition coefficient (Wildman–Crippen LogP) is 3.41. The summed E-state index contributed by atoms with van der Waals surface area (Å²) in [6, 6.07) is 4.08. The summed E-state index contributed by atoms with van der Waals surface area (Å²) in [6.07, 6.45) is 2.59. The van der Waals surface area contributed by atoms with Crippen molar-refractivity contribution in [2.24, 2.45) is 5.92 Å². The van der Waals surface area contributed by atoms with Gasteiger partial charge >= 0.3 is 0 Å². The Kier molecular flexibility index (Phi) is 3.81. The minimum atomic E-state index is 0.383. The van der Waals surface area contributed by atoms with Crippen molar-refractivity contribution in [3.63, 3.8) is 0 Å². The average molecular weight is 291 g/mol. The van der Waals surface area contributed by atoms with E-state index in [0.29, 0.717) is 12.0 Å². The smallest absolute Gasteiger partial charge is 0.0907 e. The van der Waals surface area contributed by atoms with Crippen LogP contribution in [0.15, 0.2) is 12.1 Å². The third-order valence-corrected chi connectivity index (χ3v) is 4.90. The maximum absolute atomic E-state index is 6.13. The number of aryl methyl sites for hydroxylation is 1. The van der Waals surface area contributed by atoms with Gasteiger partial charge in [0.25, 0.3) is 0 Å². The molecule has 1 aliphatic heterocycles. The van der Waals surface area contributed by atoms with Crippen molar-refractivity contribution in [3.05, 3.63) is 17.1 Å². The van der Waals surface area contributed by atoms with Gasteiger partial charge in [0.15, 0.2) is 0 Å². The van der Waals surface area contributed by atoms with Crippen LogP contribution in [0.25, 0.3) is 10.2 Å². The molecule has 2 heterocycles. The van der Waals surface area contributed by atoms with Gasteiger partial charge in [0.2, 0.25) is 0 Å². The zero-order valence-corrected chi connectivity index (χ0v) is 12.8. The lowest BCUT2D eigenvalue weighted by atomic mass is 9.99. The van der Waals surface area contributed by atoms with E-state index in [4.69, 9.17) is 10.5 Å². The number of fused-ring (bicyclic) bond motifs is 1. The molecule has 0 aliphatic carbocycles. The molecule has 0 amide bonds. The molecule has 1 saturated heterocycles. The van der Waals surface area contributed by atoms with Crippen LogP contribution in [-0.2, 0) is 4.74 Å². The van der Waals surface area contributed by atoms with Crippen LogP contribution >= 0.6 is 11.3 Å². The van der Waals surface area contributed by atoms with Gasteiger partial charge in [-0.3, -0.25) is 0 Å². The van der Waals surface area contributed by atoms with Crippen molar-refractivity contribution in [2.45, 2.75) is 32.8 Å². The molecule has 108 valence electrons. The van der Waals surface area contributed by atoms with E-state index < -0.39 is 0 Å². The Bertz CT molecular complexity index is 610. The van der Waals surface area contributed by atoms with Crippen molar-refractivity contribution in [1.82, 2.24) is 4.98 Å². The molecule has 4 nitrogen and oxygen atoms in total. The molecule has 0 radical (unpaired) electrons. The Balaban J connectivity index is 1.75. The van der Waals surface area contributed by atoms with Crippen molar-refractivity contribution < 1.29 is 4.74 Å². The van der Waals surface area contributed by atoms with Crippen LogP contribution in [0.4, 0.5) is 11.4 Å². The molecular weight excluding hydrogens is 270 g/mol. The summed E-state index contributed by atoms with van der Waals surface area (Å²) in [5.74, 6) is 0.576. The topological polar surface area (TPSA) is 60.2 Å². The second-order valence-corrected chi connectivity index (χ2v) is 6.62. The maximum atomic E-state index is 6.13. The molecule has 0 bridgehead atoms.